The lowest BCUT2D eigenvalue weighted by Crippen LogP contribution is -1.92. The summed E-state index contributed by atoms with van der Waals surface area (Å²) in [6, 6.07) is 6.66. The van der Waals surface area contributed by atoms with Crippen molar-refractivity contribution in [2.24, 2.45) is 0 Å². The monoisotopic (exact) mass is 233 g/mol. The summed E-state index contributed by atoms with van der Waals surface area (Å²) >= 11 is 0. The van der Waals surface area contributed by atoms with Crippen molar-refractivity contribution in [3.05, 3.63) is 48.0 Å². The van der Waals surface area contributed by atoms with E-state index >= 15 is 0 Å². The van der Waals surface area contributed by atoms with E-state index < -0.39 is 5.82 Å². The molecule has 0 radical (unpaired) electrons. The van der Waals surface area contributed by atoms with Crippen molar-refractivity contribution in [2.45, 2.75) is 6.61 Å². The van der Waals surface area contributed by atoms with E-state index in [1.165, 1.54) is 13.2 Å². The zero-order chi connectivity index (χ0) is 12.3. The van der Waals surface area contributed by atoms with E-state index in [4.69, 9.17) is 9.84 Å². The van der Waals surface area contributed by atoms with Crippen LogP contribution in [0.15, 0.2) is 36.7 Å². The summed E-state index contributed by atoms with van der Waals surface area (Å²) in [6.07, 6.45) is 2.72. The Kier molecular flexibility index (Phi) is 3.35. The summed E-state index contributed by atoms with van der Waals surface area (Å²) in [5.74, 6) is 0.194. The number of hydrogen-bond acceptors (Lipinski definition) is 3. The number of hydrogen-bond donors (Lipinski definition) is 1. The number of ether oxygens (including phenoxy) is 1. The summed E-state index contributed by atoms with van der Waals surface area (Å²) in [6.45, 7) is -0.0575. The van der Waals surface area contributed by atoms with E-state index in [0.29, 0.717) is 11.3 Å². The molecule has 2 rings (SSSR count). The average molecular weight is 233 g/mol. The smallest absolute Gasteiger partial charge is 0.142 e. The van der Waals surface area contributed by atoms with Gasteiger partial charge in [-0.05, 0) is 17.7 Å². The van der Waals surface area contributed by atoms with Gasteiger partial charge in [-0.1, -0.05) is 12.1 Å². The fraction of sp³-hybridized carbons (Fsp3) is 0.154. The number of halogens is 1. The minimum atomic E-state index is -0.393. The number of aromatic nitrogens is 1. The zero-order valence-corrected chi connectivity index (χ0v) is 9.35. The first-order valence-corrected chi connectivity index (χ1v) is 5.13. The van der Waals surface area contributed by atoms with Gasteiger partial charge in [0.25, 0.3) is 0 Å². The van der Waals surface area contributed by atoms with Crippen molar-refractivity contribution in [1.82, 2.24) is 4.98 Å². The first kappa shape index (κ1) is 11.5. The van der Waals surface area contributed by atoms with E-state index in [2.05, 4.69) is 4.98 Å². The fourth-order valence-corrected chi connectivity index (χ4v) is 1.63. The van der Waals surface area contributed by atoms with Gasteiger partial charge in [0, 0.05) is 17.3 Å². The van der Waals surface area contributed by atoms with Crippen LogP contribution < -0.4 is 4.74 Å². The molecular formula is C13H12FNO2. The minimum Gasteiger partial charge on any atom is -0.496 e. The molecule has 0 aliphatic rings. The van der Waals surface area contributed by atoms with Crippen LogP contribution in [0.1, 0.15) is 5.56 Å². The van der Waals surface area contributed by atoms with Crippen molar-refractivity contribution >= 4 is 0 Å². The molecule has 0 fully saturated rings. The Morgan fingerprint density at radius 1 is 1.29 bits per heavy atom. The second-order valence-electron chi connectivity index (χ2n) is 3.58. The van der Waals surface area contributed by atoms with Gasteiger partial charge in [0.15, 0.2) is 0 Å². The average Bonchev–Trinajstić information content (AvgIpc) is 2.38. The lowest BCUT2D eigenvalue weighted by atomic mass is 10.0. The Morgan fingerprint density at radius 2 is 2.12 bits per heavy atom. The molecule has 1 aromatic carbocycles. The molecule has 0 bridgehead atoms. The number of nitrogens with zero attached hydrogens (tertiary/aromatic N) is 1. The van der Waals surface area contributed by atoms with Crippen LogP contribution in [0, 0.1) is 5.82 Å². The minimum absolute atomic E-state index is 0.0575. The highest BCUT2D eigenvalue weighted by atomic mass is 19.1. The molecule has 0 saturated carbocycles. The van der Waals surface area contributed by atoms with Crippen molar-refractivity contribution in [3.63, 3.8) is 0 Å². The molecule has 4 heteroatoms. The molecule has 2 aromatic rings. The second kappa shape index (κ2) is 4.93. The highest BCUT2D eigenvalue weighted by molar-refractivity contribution is 5.70. The van der Waals surface area contributed by atoms with Crippen LogP contribution >= 0.6 is 0 Å². The largest absolute Gasteiger partial charge is 0.496 e. The van der Waals surface area contributed by atoms with Crippen LogP contribution in [-0.2, 0) is 6.61 Å². The van der Waals surface area contributed by atoms with Crippen LogP contribution in [0.3, 0.4) is 0 Å². The van der Waals surface area contributed by atoms with Crippen LogP contribution in [-0.4, -0.2) is 17.2 Å². The Balaban J connectivity index is 2.51. The highest BCUT2D eigenvalue weighted by Crippen LogP contribution is 2.30. The van der Waals surface area contributed by atoms with Gasteiger partial charge in [0.05, 0.1) is 19.9 Å². The summed E-state index contributed by atoms with van der Waals surface area (Å²) < 4.78 is 18.3. The van der Waals surface area contributed by atoms with Crippen LogP contribution in [0.5, 0.6) is 5.75 Å². The standard InChI is InChI=1S/C13H12FNO2/c1-17-13-4-9(8-16)2-3-12(13)10-5-11(14)7-15-6-10/h2-7,16H,8H2,1H3. The number of benzene rings is 1. The maximum absolute atomic E-state index is 13.1. The molecule has 0 amide bonds. The van der Waals surface area contributed by atoms with Gasteiger partial charge in [-0.2, -0.15) is 0 Å². The first-order valence-electron chi connectivity index (χ1n) is 5.13. The van der Waals surface area contributed by atoms with Crippen molar-refractivity contribution in [2.75, 3.05) is 7.11 Å². The normalized spacial score (nSPS) is 10.3. The van der Waals surface area contributed by atoms with E-state index in [9.17, 15) is 4.39 Å². The number of methoxy groups -OCH3 is 1. The van der Waals surface area contributed by atoms with Crippen LogP contribution in [0.4, 0.5) is 4.39 Å². The van der Waals surface area contributed by atoms with E-state index in [1.807, 2.05) is 0 Å². The molecule has 1 heterocycles. The van der Waals surface area contributed by atoms with Gasteiger partial charge in [-0.25, -0.2) is 4.39 Å². The summed E-state index contributed by atoms with van der Waals surface area (Å²) in [4.78, 5) is 3.80. The van der Waals surface area contributed by atoms with Gasteiger partial charge in [-0.15, -0.1) is 0 Å². The van der Waals surface area contributed by atoms with Crippen molar-refractivity contribution in [3.8, 4) is 16.9 Å². The maximum Gasteiger partial charge on any atom is 0.142 e. The predicted molar refractivity (Wildman–Crippen MR) is 62.1 cm³/mol. The molecule has 0 saturated heterocycles. The van der Waals surface area contributed by atoms with Crippen LogP contribution in [0.25, 0.3) is 11.1 Å². The molecule has 17 heavy (non-hydrogen) atoms. The Labute approximate surface area is 98.5 Å². The van der Waals surface area contributed by atoms with Crippen molar-refractivity contribution < 1.29 is 14.2 Å². The Hall–Kier alpha value is -1.94. The summed E-state index contributed by atoms with van der Waals surface area (Å²) in [7, 11) is 1.53. The van der Waals surface area contributed by atoms with Gasteiger partial charge < -0.3 is 9.84 Å². The molecule has 1 N–H and O–H groups in total. The molecule has 0 aliphatic carbocycles. The fourth-order valence-electron chi connectivity index (χ4n) is 1.63. The molecule has 0 aliphatic heterocycles. The number of aliphatic hydroxyl groups excluding tert-OH is 1. The van der Waals surface area contributed by atoms with Crippen molar-refractivity contribution in [1.29, 1.82) is 0 Å². The highest BCUT2D eigenvalue weighted by Gasteiger charge is 2.07. The quantitative estimate of drug-likeness (QED) is 0.885. The molecule has 0 spiro atoms. The van der Waals surface area contributed by atoms with Gasteiger partial charge >= 0.3 is 0 Å². The van der Waals surface area contributed by atoms with Gasteiger partial charge in [-0.3, -0.25) is 4.98 Å². The second-order valence-corrected chi connectivity index (χ2v) is 3.58. The molecule has 0 atom stereocenters. The Morgan fingerprint density at radius 3 is 2.76 bits per heavy atom. The SMILES string of the molecule is COc1cc(CO)ccc1-c1cncc(F)c1. The topological polar surface area (TPSA) is 42.4 Å². The predicted octanol–water partition coefficient (Wildman–Crippen LogP) is 2.39. The lowest BCUT2D eigenvalue weighted by Gasteiger charge is -2.09. The molecular weight excluding hydrogens is 221 g/mol. The zero-order valence-electron chi connectivity index (χ0n) is 9.35. The maximum atomic E-state index is 13.1. The molecule has 88 valence electrons. The van der Waals surface area contributed by atoms with E-state index in [-0.39, 0.29) is 6.61 Å². The lowest BCUT2D eigenvalue weighted by molar-refractivity contribution is 0.281. The van der Waals surface area contributed by atoms with Gasteiger partial charge in [0.1, 0.15) is 11.6 Å². The van der Waals surface area contributed by atoms with E-state index in [1.54, 1.807) is 24.4 Å². The number of pyridine rings is 1. The molecule has 3 nitrogen and oxygen atoms in total. The third kappa shape index (κ3) is 2.42. The number of aliphatic hydroxyl groups is 1. The van der Waals surface area contributed by atoms with Crippen LogP contribution in [0.2, 0.25) is 0 Å². The first-order chi connectivity index (χ1) is 8.24. The third-order valence-corrected chi connectivity index (χ3v) is 2.46. The molecule has 0 unspecified atom stereocenters. The summed E-state index contributed by atoms with van der Waals surface area (Å²) in [5.41, 5.74) is 2.14. The van der Waals surface area contributed by atoms with Gasteiger partial charge in [0.2, 0.25) is 0 Å². The Bertz CT molecular complexity index is 529. The summed E-state index contributed by atoms with van der Waals surface area (Å²) in [5, 5.41) is 9.04. The van der Waals surface area contributed by atoms with E-state index in [0.717, 1.165) is 17.3 Å². The number of rotatable bonds is 3. The molecule has 1 aromatic heterocycles. The third-order valence-electron chi connectivity index (χ3n) is 2.46.